The Morgan fingerprint density at radius 1 is 0.700 bits per heavy atom. The molecule has 178 valence electrons. The molecule has 1 amide bonds. The van der Waals surface area contributed by atoms with Crippen molar-refractivity contribution in [3.05, 3.63) is 0 Å². The summed E-state index contributed by atoms with van der Waals surface area (Å²) in [5, 5.41) is 0. The Labute approximate surface area is 188 Å². The zero-order valence-corrected chi connectivity index (χ0v) is 22.1. The van der Waals surface area contributed by atoms with E-state index in [1.54, 1.807) is 6.92 Å². The molecule has 0 aromatic heterocycles. The Hall–Kier alpha value is -0.570. The van der Waals surface area contributed by atoms with Crippen molar-refractivity contribution in [2.75, 3.05) is 19.8 Å². The largest absolute Gasteiger partial charge is 0.381 e. The summed E-state index contributed by atoms with van der Waals surface area (Å²) in [7, 11) is 0. The van der Waals surface area contributed by atoms with Gasteiger partial charge in [-0.05, 0) is 66.6 Å². The summed E-state index contributed by atoms with van der Waals surface area (Å²) >= 11 is 0. The molecule has 1 unspecified atom stereocenters. The molecule has 3 aliphatic rings. The van der Waals surface area contributed by atoms with Crippen LogP contribution in [0.25, 0.3) is 0 Å². The Kier molecular flexibility index (Phi) is 10.4. The van der Waals surface area contributed by atoms with E-state index >= 15 is 0 Å². The first-order chi connectivity index (χ1) is 13.6. The van der Waals surface area contributed by atoms with Crippen LogP contribution in [0.1, 0.15) is 114 Å². The van der Waals surface area contributed by atoms with Crippen LogP contribution in [-0.4, -0.2) is 36.6 Å². The van der Waals surface area contributed by atoms with Gasteiger partial charge in [0.1, 0.15) is 0 Å². The summed E-state index contributed by atoms with van der Waals surface area (Å²) in [6, 6.07) is 0.454. The van der Waals surface area contributed by atoms with Crippen LogP contribution in [-0.2, 0) is 9.53 Å². The number of carbonyl (C=O) groups excluding carboxylic acids is 1. The van der Waals surface area contributed by atoms with Crippen LogP contribution in [0.2, 0.25) is 0 Å². The molecule has 30 heavy (non-hydrogen) atoms. The molecule has 0 N–H and O–H groups in total. The van der Waals surface area contributed by atoms with E-state index in [1.165, 1.54) is 44.9 Å². The second-order valence-corrected chi connectivity index (χ2v) is 13.0. The van der Waals surface area contributed by atoms with Crippen molar-refractivity contribution >= 4 is 5.91 Å². The average Bonchev–Trinajstić information content (AvgIpc) is 3.03. The summed E-state index contributed by atoms with van der Waals surface area (Å²) in [6.07, 6.45) is 9.27. The first-order valence-electron chi connectivity index (χ1n) is 12.5. The van der Waals surface area contributed by atoms with Gasteiger partial charge in [-0.25, -0.2) is 0 Å². The molecule has 0 aromatic carbocycles. The number of amides is 1. The maximum atomic E-state index is 11.2. The Bertz CT molecular complexity index is 496. The topological polar surface area (TPSA) is 29.5 Å². The second kappa shape index (κ2) is 11.3. The highest BCUT2D eigenvalue weighted by Gasteiger charge is 2.35. The van der Waals surface area contributed by atoms with E-state index in [0.717, 1.165) is 31.6 Å². The maximum Gasteiger partial charge on any atom is 0.219 e. The standard InChI is InChI=1S/C10H19NO.C9H18O.C8H16/c1-8(12)11-7-5-6-9(11)10(2,3)4;1-9(2,3)8-4-6-10-7-5-8;1-8(2,3)7-5-4-6-7/h9H,5-7H2,1-4H3;8H,4-7H2,1-3H3;7H,4-6H2,1-3H3. The van der Waals surface area contributed by atoms with Gasteiger partial charge in [-0.2, -0.15) is 0 Å². The quantitative estimate of drug-likeness (QED) is 0.408. The van der Waals surface area contributed by atoms with E-state index in [-0.39, 0.29) is 11.3 Å². The first-order valence-corrected chi connectivity index (χ1v) is 12.5. The highest BCUT2D eigenvalue weighted by molar-refractivity contribution is 5.74. The van der Waals surface area contributed by atoms with Crippen LogP contribution in [0.3, 0.4) is 0 Å². The molecular formula is C27H53NO2. The van der Waals surface area contributed by atoms with Crippen LogP contribution < -0.4 is 0 Å². The Balaban J connectivity index is 0.000000230. The molecule has 0 bridgehead atoms. The normalized spacial score (nSPS) is 23.7. The molecule has 2 saturated heterocycles. The SMILES string of the molecule is CC(=O)N1CCCC1C(C)(C)C.CC(C)(C)C1CCC1.CC(C)(C)C1CCOCC1. The minimum absolute atomic E-state index is 0.229. The predicted octanol–water partition coefficient (Wildman–Crippen LogP) is 7.34. The van der Waals surface area contributed by atoms with Crippen molar-refractivity contribution < 1.29 is 9.53 Å². The van der Waals surface area contributed by atoms with Crippen LogP contribution in [0.5, 0.6) is 0 Å². The lowest BCUT2D eigenvalue weighted by molar-refractivity contribution is -0.131. The molecule has 1 atom stereocenters. The van der Waals surface area contributed by atoms with Crippen LogP contribution >= 0.6 is 0 Å². The van der Waals surface area contributed by atoms with Crippen LogP contribution in [0.4, 0.5) is 0 Å². The van der Waals surface area contributed by atoms with Crippen molar-refractivity contribution in [3.63, 3.8) is 0 Å². The third-order valence-electron chi connectivity index (χ3n) is 7.43. The van der Waals surface area contributed by atoms with E-state index in [9.17, 15) is 4.79 Å². The van der Waals surface area contributed by atoms with E-state index in [1.807, 2.05) is 4.90 Å². The third-order valence-corrected chi connectivity index (χ3v) is 7.43. The Morgan fingerprint density at radius 2 is 1.17 bits per heavy atom. The van der Waals surface area contributed by atoms with Gasteiger partial charge in [0.25, 0.3) is 0 Å². The molecular weight excluding hydrogens is 370 g/mol. The lowest BCUT2D eigenvalue weighted by atomic mass is 9.69. The molecule has 3 fully saturated rings. The lowest BCUT2D eigenvalue weighted by Gasteiger charge is -2.37. The van der Waals surface area contributed by atoms with Gasteiger partial charge < -0.3 is 9.64 Å². The van der Waals surface area contributed by atoms with Gasteiger partial charge >= 0.3 is 0 Å². The van der Waals surface area contributed by atoms with Gasteiger partial charge in [0.2, 0.25) is 5.91 Å². The number of hydrogen-bond acceptors (Lipinski definition) is 2. The minimum Gasteiger partial charge on any atom is -0.381 e. The summed E-state index contributed by atoms with van der Waals surface area (Å²) in [5.41, 5.74) is 1.32. The zero-order valence-electron chi connectivity index (χ0n) is 22.1. The number of ether oxygens (including phenoxy) is 1. The number of nitrogens with zero attached hydrogens (tertiary/aromatic N) is 1. The average molecular weight is 424 g/mol. The van der Waals surface area contributed by atoms with E-state index in [4.69, 9.17) is 4.74 Å². The number of hydrogen-bond donors (Lipinski definition) is 0. The summed E-state index contributed by atoms with van der Waals surface area (Å²) in [5.74, 6) is 2.14. The highest BCUT2D eigenvalue weighted by Crippen LogP contribution is 2.40. The van der Waals surface area contributed by atoms with Gasteiger partial charge in [-0.1, -0.05) is 68.7 Å². The van der Waals surface area contributed by atoms with Gasteiger partial charge in [0.05, 0.1) is 0 Å². The molecule has 3 rings (SSSR count). The van der Waals surface area contributed by atoms with Crippen molar-refractivity contribution in [1.82, 2.24) is 4.90 Å². The molecule has 2 heterocycles. The Morgan fingerprint density at radius 3 is 1.40 bits per heavy atom. The maximum absolute atomic E-state index is 11.2. The molecule has 3 nitrogen and oxygen atoms in total. The van der Waals surface area contributed by atoms with E-state index in [2.05, 4.69) is 62.3 Å². The van der Waals surface area contributed by atoms with Crippen LogP contribution in [0.15, 0.2) is 0 Å². The van der Waals surface area contributed by atoms with Crippen LogP contribution in [0, 0.1) is 28.1 Å². The number of carbonyl (C=O) groups is 1. The third kappa shape index (κ3) is 9.28. The molecule has 1 aliphatic carbocycles. The monoisotopic (exact) mass is 423 g/mol. The van der Waals surface area contributed by atoms with Crippen molar-refractivity contribution in [1.29, 1.82) is 0 Å². The summed E-state index contributed by atoms with van der Waals surface area (Å²) in [6.45, 7) is 25.2. The predicted molar refractivity (Wildman–Crippen MR) is 130 cm³/mol. The molecule has 1 saturated carbocycles. The minimum atomic E-state index is 0.229. The molecule has 3 heteroatoms. The molecule has 2 aliphatic heterocycles. The smallest absolute Gasteiger partial charge is 0.219 e. The highest BCUT2D eigenvalue weighted by atomic mass is 16.5. The van der Waals surface area contributed by atoms with Gasteiger partial charge in [-0.15, -0.1) is 0 Å². The van der Waals surface area contributed by atoms with Gasteiger partial charge in [-0.3, -0.25) is 4.79 Å². The zero-order chi connectivity index (χ0) is 23.2. The number of rotatable bonds is 0. The molecule has 0 aromatic rings. The second-order valence-electron chi connectivity index (χ2n) is 13.0. The van der Waals surface area contributed by atoms with E-state index in [0.29, 0.717) is 16.9 Å². The lowest BCUT2D eigenvalue weighted by Crippen LogP contribution is -2.41. The molecule has 0 radical (unpaired) electrons. The van der Waals surface area contributed by atoms with Gasteiger partial charge in [0.15, 0.2) is 0 Å². The summed E-state index contributed by atoms with van der Waals surface area (Å²) < 4.78 is 5.29. The van der Waals surface area contributed by atoms with E-state index < -0.39 is 0 Å². The fourth-order valence-electron chi connectivity index (χ4n) is 4.88. The fraction of sp³-hybridized carbons (Fsp3) is 0.963. The first kappa shape index (κ1) is 27.5. The summed E-state index contributed by atoms with van der Waals surface area (Å²) in [4.78, 5) is 13.2. The van der Waals surface area contributed by atoms with Gasteiger partial charge in [0, 0.05) is 32.7 Å². The van der Waals surface area contributed by atoms with Crippen molar-refractivity contribution in [3.8, 4) is 0 Å². The fourth-order valence-corrected chi connectivity index (χ4v) is 4.88. The molecule has 0 spiro atoms. The van der Waals surface area contributed by atoms with Crippen molar-refractivity contribution in [2.24, 2.45) is 28.1 Å². The number of likely N-dealkylation sites (tertiary alicyclic amines) is 1. The van der Waals surface area contributed by atoms with Crippen molar-refractivity contribution in [2.45, 2.75) is 120 Å².